The number of nitrogens with zero attached hydrogens (tertiary/aromatic N) is 1. The normalized spacial score (nSPS) is 20.0. The van der Waals surface area contributed by atoms with Crippen molar-refractivity contribution < 1.29 is 14.4 Å². The van der Waals surface area contributed by atoms with Crippen LogP contribution in [0.1, 0.15) is 34.3 Å². The van der Waals surface area contributed by atoms with Crippen LogP contribution < -0.4 is 10.6 Å². The Morgan fingerprint density at radius 2 is 1.82 bits per heavy atom. The van der Waals surface area contributed by atoms with E-state index < -0.39 is 11.6 Å². The summed E-state index contributed by atoms with van der Waals surface area (Å²) in [4.78, 5) is 37.5. The number of benzene rings is 1. The van der Waals surface area contributed by atoms with Crippen molar-refractivity contribution in [3.63, 3.8) is 0 Å². The molecule has 116 valence electrons. The van der Waals surface area contributed by atoms with E-state index in [0.717, 1.165) is 11.1 Å². The minimum absolute atomic E-state index is 0.0253. The molecule has 2 saturated heterocycles. The zero-order valence-corrected chi connectivity index (χ0v) is 12.7. The molecule has 0 atom stereocenters. The highest BCUT2D eigenvalue weighted by molar-refractivity contribution is 6.07. The Hall–Kier alpha value is -2.37. The van der Waals surface area contributed by atoms with Crippen molar-refractivity contribution in [3.05, 3.63) is 34.9 Å². The Kier molecular flexibility index (Phi) is 3.39. The van der Waals surface area contributed by atoms with Crippen LogP contribution in [0.5, 0.6) is 0 Å². The molecule has 1 spiro atoms. The van der Waals surface area contributed by atoms with Gasteiger partial charge < -0.3 is 10.2 Å². The number of imide groups is 1. The maximum atomic E-state index is 12.6. The van der Waals surface area contributed by atoms with Gasteiger partial charge in [-0.15, -0.1) is 0 Å². The third kappa shape index (κ3) is 2.34. The number of carbonyl (C=O) groups excluding carboxylic acids is 3. The van der Waals surface area contributed by atoms with E-state index in [1.165, 1.54) is 0 Å². The van der Waals surface area contributed by atoms with Gasteiger partial charge in [-0.25, -0.2) is 4.79 Å². The number of nitrogens with one attached hydrogen (secondary N) is 2. The molecule has 2 fully saturated rings. The number of aryl methyl sites for hydroxylation is 2. The second-order valence-corrected chi connectivity index (χ2v) is 6.08. The number of piperidine rings is 1. The Morgan fingerprint density at radius 1 is 1.14 bits per heavy atom. The highest BCUT2D eigenvalue weighted by atomic mass is 16.2. The number of hydrogen-bond donors (Lipinski definition) is 2. The molecule has 0 bridgehead atoms. The molecule has 3 rings (SSSR count). The molecule has 0 aromatic heterocycles. The molecule has 2 aliphatic rings. The molecule has 4 amide bonds. The molecule has 2 aliphatic heterocycles. The first-order valence-corrected chi connectivity index (χ1v) is 7.41. The smallest absolute Gasteiger partial charge is 0.322 e. The van der Waals surface area contributed by atoms with Crippen LogP contribution in [0.4, 0.5) is 4.79 Å². The number of amides is 4. The van der Waals surface area contributed by atoms with Crippen molar-refractivity contribution in [3.8, 4) is 0 Å². The molecule has 2 heterocycles. The van der Waals surface area contributed by atoms with Crippen molar-refractivity contribution in [1.82, 2.24) is 15.5 Å². The molecule has 0 radical (unpaired) electrons. The van der Waals surface area contributed by atoms with Gasteiger partial charge in [0.2, 0.25) is 0 Å². The average molecular weight is 301 g/mol. The van der Waals surface area contributed by atoms with Gasteiger partial charge in [0.1, 0.15) is 5.54 Å². The van der Waals surface area contributed by atoms with Crippen LogP contribution >= 0.6 is 0 Å². The highest BCUT2D eigenvalue weighted by Crippen LogP contribution is 2.26. The van der Waals surface area contributed by atoms with Crippen molar-refractivity contribution in [2.45, 2.75) is 32.2 Å². The summed E-state index contributed by atoms with van der Waals surface area (Å²) < 4.78 is 0. The first kappa shape index (κ1) is 14.6. The first-order valence-electron chi connectivity index (χ1n) is 7.41. The summed E-state index contributed by atoms with van der Waals surface area (Å²) in [6, 6.07) is 5.23. The molecule has 0 saturated carbocycles. The Bertz CT molecular complexity index is 661. The maximum Gasteiger partial charge on any atom is 0.322 e. The second kappa shape index (κ2) is 5.12. The second-order valence-electron chi connectivity index (χ2n) is 6.08. The van der Waals surface area contributed by atoms with E-state index in [2.05, 4.69) is 10.6 Å². The lowest BCUT2D eigenvalue weighted by atomic mass is 9.87. The zero-order valence-electron chi connectivity index (χ0n) is 12.7. The van der Waals surface area contributed by atoms with Gasteiger partial charge in [-0.05, 0) is 49.9 Å². The van der Waals surface area contributed by atoms with Crippen LogP contribution in [-0.2, 0) is 4.79 Å². The summed E-state index contributed by atoms with van der Waals surface area (Å²) in [5, 5.41) is 4.97. The number of carbonyl (C=O) groups is 3. The van der Waals surface area contributed by atoms with E-state index in [0.29, 0.717) is 31.5 Å². The maximum absolute atomic E-state index is 12.6. The predicted molar refractivity (Wildman–Crippen MR) is 80.5 cm³/mol. The van der Waals surface area contributed by atoms with Gasteiger partial charge in [0.25, 0.3) is 11.8 Å². The summed E-state index contributed by atoms with van der Waals surface area (Å²) in [6.07, 6.45) is 0.891. The minimum Gasteiger partial charge on any atom is -0.338 e. The molecule has 1 aromatic rings. The van der Waals surface area contributed by atoms with Gasteiger partial charge in [-0.1, -0.05) is 6.07 Å². The number of hydrogen-bond acceptors (Lipinski definition) is 3. The quantitative estimate of drug-likeness (QED) is 0.763. The first-order chi connectivity index (χ1) is 10.4. The van der Waals surface area contributed by atoms with Gasteiger partial charge in [0, 0.05) is 18.7 Å². The van der Waals surface area contributed by atoms with Crippen LogP contribution in [0.25, 0.3) is 0 Å². The van der Waals surface area contributed by atoms with Gasteiger partial charge in [-0.3, -0.25) is 14.9 Å². The molecule has 22 heavy (non-hydrogen) atoms. The Morgan fingerprint density at radius 3 is 2.36 bits per heavy atom. The molecule has 6 heteroatoms. The minimum atomic E-state index is -0.836. The van der Waals surface area contributed by atoms with E-state index >= 15 is 0 Å². The third-order valence-electron chi connectivity index (χ3n) is 4.67. The SMILES string of the molecule is Cc1ccc(C(=O)N2CCC3(CC2)NC(=O)NC3=O)cc1C. The van der Waals surface area contributed by atoms with Crippen LogP contribution in [0, 0.1) is 13.8 Å². The molecular weight excluding hydrogens is 282 g/mol. The predicted octanol–water partition coefficient (Wildman–Crippen LogP) is 1.12. The zero-order chi connectivity index (χ0) is 15.9. The summed E-state index contributed by atoms with van der Waals surface area (Å²) in [7, 11) is 0. The molecule has 2 N–H and O–H groups in total. The van der Waals surface area contributed by atoms with E-state index in [1.54, 1.807) is 4.90 Å². The van der Waals surface area contributed by atoms with Crippen LogP contribution in [0.2, 0.25) is 0 Å². The van der Waals surface area contributed by atoms with Crippen LogP contribution in [0.3, 0.4) is 0 Å². The fourth-order valence-electron chi connectivity index (χ4n) is 3.03. The lowest BCUT2D eigenvalue weighted by molar-refractivity contribution is -0.125. The topological polar surface area (TPSA) is 78.5 Å². The van der Waals surface area contributed by atoms with Crippen molar-refractivity contribution in [2.24, 2.45) is 0 Å². The van der Waals surface area contributed by atoms with Gasteiger partial charge in [0.05, 0.1) is 0 Å². The largest absolute Gasteiger partial charge is 0.338 e. The Balaban J connectivity index is 1.71. The fraction of sp³-hybridized carbons (Fsp3) is 0.438. The molecular formula is C16H19N3O3. The molecule has 1 aromatic carbocycles. The summed E-state index contributed by atoms with van der Waals surface area (Å²) in [5.74, 6) is -0.307. The molecule has 0 aliphatic carbocycles. The average Bonchev–Trinajstić information content (AvgIpc) is 2.76. The monoisotopic (exact) mass is 301 g/mol. The number of rotatable bonds is 1. The molecule has 0 unspecified atom stereocenters. The van der Waals surface area contributed by atoms with E-state index in [1.807, 2.05) is 32.0 Å². The highest BCUT2D eigenvalue weighted by Gasteiger charge is 2.48. The van der Waals surface area contributed by atoms with E-state index in [4.69, 9.17) is 0 Å². The lowest BCUT2D eigenvalue weighted by Gasteiger charge is -2.37. The van der Waals surface area contributed by atoms with E-state index in [-0.39, 0.29) is 11.8 Å². The van der Waals surface area contributed by atoms with Crippen molar-refractivity contribution in [1.29, 1.82) is 0 Å². The van der Waals surface area contributed by atoms with Gasteiger partial charge in [-0.2, -0.15) is 0 Å². The third-order valence-corrected chi connectivity index (χ3v) is 4.67. The Labute approximate surface area is 128 Å². The van der Waals surface area contributed by atoms with Crippen LogP contribution in [-0.4, -0.2) is 41.4 Å². The van der Waals surface area contributed by atoms with Crippen LogP contribution in [0.15, 0.2) is 18.2 Å². The number of likely N-dealkylation sites (tertiary alicyclic amines) is 1. The lowest BCUT2D eigenvalue weighted by Crippen LogP contribution is -2.55. The summed E-state index contributed by atoms with van der Waals surface area (Å²) >= 11 is 0. The summed E-state index contributed by atoms with van der Waals surface area (Å²) in [5.41, 5.74) is 2.07. The molecule has 6 nitrogen and oxygen atoms in total. The van der Waals surface area contributed by atoms with Gasteiger partial charge in [0.15, 0.2) is 0 Å². The fourth-order valence-corrected chi connectivity index (χ4v) is 3.03. The summed E-state index contributed by atoms with van der Waals surface area (Å²) in [6.45, 7) is 4.91. The standard InChI is InChI=1S/C16H19N3O3/c1-10-3-4-12(9-11(10)2)13(20)19-7-5-16(6-8-19)14(21)17-15(22)18-16/h3-4,9H,5-8H2,1-2H3,(H2,17,18,21,22). The van der Waals surface area contributed by atoms with Gasteiger partial charge >= 0.3 is 6.03 Å². The number of urea groups is 1. The van der Waals surface area contributed by atoms with E-state index in [9.17, 15) is 14.4 Å². The van der Waals surface area contributed by atoms with Crippen molar-refractivity contribution in [2.75, 3.05) is 13.1 Å². The van der Waals surface area contributed by atoms with Crippen molar-refractivity contribution >= 4 is 17.8 Å².